The van der Waals surface area contributed by atoms with Gasteiger partial charge in [0.05, 0.1) is 6.04 Å². The summed E-state index contributed by atoms with van der Waals surface area (Å²) in [5, 5.41) is 3.14. The van der Waals surface area contributed by atoms with Crippen LogP contribution >= 0.6 is 0 Å². The van der Waals surface area contributed by atoms with Gasteiger partial charge >= 0.3 is 0 Å². The average molecular weight is 273 g/mol. The summed E-state index contributed by atoms with van der Waals surface area (Å²) in [6.07, 6.45) is 8.16. The highest BCUT2D eigenvalue weighted by molar-refractivity contribution is 5.76. The molecule has 20 heavy (non-hydrogen) atoms. The molecule has 1 saturated carbocycles. The van der Waals surface area contributed by atoms with Crippen LogP contribution in [0.4, 0.5) is 0 Å². The quantitative estimate of drug-likeness (QED) is 0.846. The highest BCUT2D eigenvalue weighted by atomic mass is 16.1. The predicted molar refractivity (Wildman–Crippen MR) is 83.6 cm³/mol. The molecule has 0 aromatic heterocycles. The number of carbonyl (C=O) groups is 1. The Hall–Kier alpha value is -1.31. The summed E-state index contributed by atoms with van der Waals surface area (Å²) < 4.78 is 0. The second-order valence-corrected chi connectivity index (χ2v) is 6.09. The van der Waals surface area contributed by atoms with E-state index in [0.29, 0.717) is 12.3 Å². The van der Waals surface area contributed by atoms with Crippen LogP contribution in [0.15, 0.2) is 24.3 Å². The van der Waals surface area contributed by atoms with Crippen LogP contribution < -0.4 is 5.32 Å². The topological polar surface area (TPSA) is 29.1 Å². The largest absolute Gasteiger partial charge is 0.350 e. The van der Waals surface area contributed by atoms with E-state index >= 15 is 0 Å². The van der Waals surface area contributed by atoms with E-state index in [4.69, 9.17) is 0 Å². The standard InChI is InChI=1S/C18H27NO/c1-3-15-9-11-17(12-10-15)14(2)19-18(20)13-16-7-5-4-6-8-16/h9-12,14,16H,3-8,13H2,1-2H3,(H,19,20). The molecule has 2 nitrogen and oxygen atoms in total. The van der Waals surface area contributed by atoms with E-state index < -0.39 is 0 Å². The first-order valence-electron chi connectivity index (χ1n) is 8.07. The first-order valence-corrected chi connectivity index (χ1v) is 8.07. The molecule has 1 atom stereocenters. The fourth-order valence-corrected chi connectivity index (χ4v) is 3.08. The third-order valence-corrected chi connectivity index (χ3v) is 4.46. The summed E-state index contributed by atoms with van der Waals surface area (Å²) in [7, 11) is 0. The van der Waals surface area contributed by atoms with Crippen LogP contribution in [-0.4, -0.2) is 5.91 Å². The molecular formula is C18H27NO. The summed E-state index contributed by atoms with van der Waals surface area (Å²) in [6, 6.07) is 8.67. The van der Waals surface area contributed by atoms with E-state index in [1.165, 1.54) is 43.2 Å². The van der Waals surface area contributed by atoms with Gasteiger partial charge in [0.15, 0.2) is 0 Å². The molecule has 1 fully saturated rings. The van der Waals surface area contributed by atoms with Crippen molar-refractivity contribution >= 4 is 5.91 Å². The fourth-order valence-electron chi connectivity index (χ4n) is 3.08. The SMILES string of the molecule is CCc1ccc(C(C)NC(=O)CC2CCCCC2)cc1. The Kier molecular flexibility index (Phi) is 5.63. The van der Waals surface area contributed by atoms with Crippen LogP contribution in [0, 0.1) is 5.92 Å². The number of hydrogen-bond donors (Lipinski definition) is 1. The first-order chi connectivity index (χ1) is 9.69. The van der Waals surface area contributed by atoms with Gasteiger partial charge in [-0.2, -0.15) is 0 Å². The number of rotatable bonds is 5. The zero-order valence-electron chi connectivity index (χ0n) is 12.8. The molecular weight excluding hydrogens is 246 g/mol. The maximum atomic E-state index is 12.1. The molecule has 0 bridgehead atoms. The van der Waals surface area contributed by atoms with Crippen molar-refractivity contribution in [2.75, 3.05) is 0 Å². The molecule has 0 heterocycles. The lowest BCUT2D eigenvalue weighted by molar-refractivity contribution is -0.122. The van der Waals surface area contributed by atoms with Crippen LogP contribution in [0.2, 0.25) is 0 Å². The minimum atomic E-state index is 0.108. The predicted octanol–water partition coefficient (Wildman–Crippen LogP) is 4.40. The molecule has 0 saturated heterocycles. The summed E-state index contributed by atoms with van der Waals surface area (Å²) in [5.74, 6) is 0.822. The van der Waals surface area contributed by atoms with Crippen molar-refractivity contribution < 1.29 is 4.79 Å². The molecule has 1 aromatic carbocycles. The van der Waals surface area contributed by atoms with Crippen molar-refractivity contribution in [2.24, 2.45) is 5.92 Å². The smallest absolute Gasteiger partial charge is 0.220 e. The molecule has 1 aromatic rings. The molecule has 1 aliphatic rings. The molecule has 0 aliphatic heterocycles. The molecule has 1 amide bonds. The van der Waals surface area contributed by atoms with Crippen LogP contribution in [0.3, 0.4) is 0 Å². The summed E-state index contributed by atoms with van der Waals surface area (Å²) >= 11 is 0. The van der Waals surface area contributed by atoms with Crippen molar-refractivity contribution in [1.82, 2.24) is 5.32 Å². The van der Waals surface area contributed by atoms with Gasteiger partial charge < -0.3 is 5.32 Å². The summed E-state index contributed by atoms with van der Waals surface area (Å²) in [4.78, 5) is 12.1. The van der Waals surface area contributed by atoms with E-state index in [1.54, 1.807) is 0 Å². The maximum absolute atomic E-state index is 12.1. The minimum Gasteiger partial charge on any atom is -0.350 e. The van der Waals surface area contributed by atoms with E-state index in [1.807, 2.05) is 0 Å². The Morgan fingerprint density at radius 1 is 1.20 bits per heavy atom. The number of benzene rings is 1. The Balaban J connectivity index is 1.82. The lowest BCUT2D eigenvalue weighted by atomic mass is 9.87. The number of amides is 1. The zero-order chi connectivity index (χ0) is 14.4. The molecule has 110 valence electrons. The first kappa shape index (κ1) is 15.1. The van der Waals surface area contributed by atoms with Crippen LogP contribution in [0.1, 0.15) is 69.5 Å². The highest BCUT2D eigenvalue weighted by Crippen LogP contribution is 2.26. The van der Waals surface area contributed by atoms with Gasteiger partial charge in [-0.05, 0) is 43.2 Å². The second kappa shape index (κ2) is 7.47. The lowest BCUT2D eigenvalue weighted by Gasteiger charge is -2.22. The van der Waals surface area contributed by atoms with Gasteiger partial charge in [-0.3, -0.25) is 4.79 Å². The summed E-state index contributed by atoms with van der Waals surface area (Å²) in [5.41, 5.74) is 2.54. The van der Waals surface area contributed by atoms with Crippen molar-refractivity contribution in [3.8, 4) is 0 Å². The monoisotopic (exact) mass is 273 g/mol. The number of nitrogens with one attached hydrogen (secondary N) is 1. The van der Waals surface area contributed by atoms with E-state index in [9.17, 15) is 4.79 Å². The van der Waals surface area contributed by atoms with E-state index in [-0.39, 0.29) is 11.9 Å². The third-order valence-electron chi connectivity index (χ3n) is 4.46. The average Bonchev–Trinajstić information content (AvgIpc) is 2.48. The Bertz CT molecular complexity index is 418. The molecule has 1 aliphatic carbocycles. The van der Waals surface area contributed by atoms with Crippen LogP contribution in [0.25, 0.3) is 0 Å². The molecule has 0 spiro atoms. The number of carbonyl (C=O) groups excluding carboxylic acids is 1. The van der Waals surface area contributed by atoms with Gasteiger partial charge in [-0.1, -0.05) is 50.5 Å². The van der Waals surface area contributed by atoms with E-state index in [2.05, 4.69) is 43.4 Å². The second-order valence-electron chi connectivity index (χ2n) is 6.09. The van der Waals surface area contributed by atoms with Gasteiger partial charge in [0.25, 0.3) is 0 Å². The van der Waals surface area contributed by atoms with Crippen molar-refractivity contribution in [3.63, 3.8) is 0 Å². The van der Waals surface area contributed by atoms with Gasteiger partial charge in [0.1, 0.15) is 0 Å². The van der Waals surface area contributed by atoms with E-state index in [0.717, 1.165) is 6.42 Å². The molecule has 1 N–H and O–H groups in total. The van der Waals surface area contributed by atoms with Gasteiger partial charge in [-0.25, -0.2) is 0 Å². The molecule has 1 unspecified atom stereocenters. The molecule has 2 heteroatoms. The molecule has 2 rings (SSSR count). The molecule has 0 radical (unpaired) electrons. The number of hydrogen-bond acceptors (Lipinski definition) is 1. The Morgan fingerprint density at radius 2 is 1.85 bits per heavy atom. The normalized spacial score (nSPS) is 17.7. The van der Waals surface area contributed by atoms with Crippen molar-refractivity contribution in [3.05, 3.63) is 35.4 Å². The van der Waals surface area contributed by atoms with Crippen molar-refractivity contribution in [1.29, 1.82) is 0 Å². The highest BCUT2D eigenvalue weighted by Gasteiger charge is 2.18. The zero-order valence-corrected chi connectivity index (χ0v) is 12.8. The lowest BCUT2D eigenvalue weighted by Crippen LogP contribution is -2.28. The van der Waals surface area contributed by atoms with Crippen LogP contribution in [-0.2, 0) is 11.2 Å². The number of aryl methyl sites for hydroxylation is 1. The van der Waals surface area contributed by atoms with Crippen LogP contribution in [0.5, 0.6) is 0 Å². The maximum Gasteiger partial charge on any atom is 0.220 e. The fraction of sp³-hybridized carbons (Fsp3) is 0.611. The summed E-state index contributed by atoms with van der Waals surface area (Å²) in [6.45, 7) is 4.23. The van der Waals surface area contributed by atoms with Crippen molar-refractivity contribution in [2.45, 2.75) is 64.8 Å². The Morgan fingerprint density at radius 3 is 2.45 bits per heavy atom. The minimum absolute atomic E-state index is 0.108. The Labute approximate surface area is 123 Å². The van der Waals surface area contributed by atoms with Gasteiger partial charge in [0, 0.05) is 6.42 Å². The van der Waals surface area contributed by atoms with Gasteiger partial charge in [0.2, 0.25) is 5.91 Å². The van der Waals surface area contributed by atoms with Gasteiger partial charge in [-0.15, -0.1) is 0 Å². The third kappa shape index (κ3) is 4.36.